The lowest BCUT2D eigenvalue weighted by Gasteiger charge is -2.26. The van der Waals surface area contributed by atoms with Gasteiger partial charge in [-0.15, -0.1) is 0 Å². The summed E-state index contributed by atoms with van der Waals surface area (Å²) in [6.45, 7) is 0. The van der Waals surface area contributed by atoms with Gasteiger partial charge in [0.1, 0.15) is 19.3 Å². The zero-order chi connectivity index (χ0) is 20.9. The number of ether oxygens (including phenoxy) is 2. The molecule has 0 saturated heterocycles. The van der Waals surface area contributed by atoms with E-state index in [4.69, 9.17) is 9.47 Å². The van der Waals surface area contributed by atoms with Crippen molar-refractivity contribution in [3.63, 3.8) is 0 Å². The fraction of sp³-hybridized carbons (Fsp3) is 0.0769. The average molecular weight is 393 g/mol. The summed E-state index contributed by atoms with van der Waals surface area (Å²) in [4.78, 5) is 2.22. The molecule has 0 heterocycles. The van der Waals surface area contributed by atoms with Gasteiger partial charge in [-0.1, -0.05) is 41.9 Å². The quantitative estimate of drug-likeness (QED) is 0.426. The summed E-state index contributed by atoms with van der Waals surface area (Å²) in [5.41, 5.74) is 6.88. The largest absolute Gasteiger partial charge is 0.497 e. The van der Waals surface area contributed by atoms with Crippen molar-refractivity contribution in [2.45, 2.75) is 0 Å². The van der Waals surface area contributed by atoms with Gasteiger partial charge in [-0.3, -0.25) is 0 Å². The van der Waals surface area contributed by atoms with E-state index >= 15 is 0 Å². The van der Waals surface area contributed by atoms with Gasteiger partial charge in [0.05, 0.1) is 14.2 Å². The smallest absolute Gasteiger partial charge is 0.139 e. The molecule has 4 aromatic rings. The molecule has 0 bridgehead atoms. The Labute approximate surface area is 178 Å². The van der Waals surface area contributed by atoms with Crippen molar-refractivity contribution in [1.82, 2.24) is 0 Å². The van der Waals surface area contributed by atoms with Gasteiger partial charge in [0.2, 0.25) is 0 Å². The highest BCUT2D eigenvalue weighted by molar-refractivity contribution is 6.32. The number of hydrogen-bond acceptors (Lipinski definition) is 3. The number of methoxy groups -OCH3 is 2. The van der Waals surface area contributed by atoms with E-state index in [1.165, 1.54) is 16.6 Å². The fourth-order valence-corrected chi connectivity index (χ4v) is 3.46. The van der Waals surface area contributed by atoms with Gasteiger partial charge < -0.3 is 14.4 Å². The third kappa shape index (κ3) is 4.18. The molecule has 3 nitrogen and oxygen atoms in total. The maximum atomic E-state index is 5.33. The average Bonchev–Trinajstić information content (AvgIpc) is 2.81. The molecule has 0 radical (unpaired) electrons. The maximum absolute atomic E-state index is 5.33. The van der Waals surface area contributed by atoms with Crippen molar-refractivity contribution in [2.75, 3.05) is 19.1 Å². The molecular weight excluding hydrogens is 369 g/mol. The molecule has 0 aromatic heterocycles. The van der Waals surface area contributed by atoms with Crippen LogP contribution in [0.1, 0.15) is 0 Å². The minimum atomic E-state index is 0.836. The molecule has 0 aliphatic rings. The lowest BCUT2D eigenvalue weighted by Crippen LogP contribution is -2.09. The highest BCUT2D eigenvalue weighted by Gasteiger charge is 2.13. The van der Waals surface area contributed by atoms with Crippen molar-refractivity contribution in [3.05, 3.63) is 97.1 Å². The fourth-order valence-electron chi connectivity index (χ4n) is 3.46. The molecular formula is C26H24BNO2. The van der Waals surface area contributed by atoms with Crippen molar-refractivity contribution >= 4 is 30.4 Å². The lowest BCUT2D eigenvalue weighted by molar-refractivity contribution is 0.415. The Bertz CT molecular complexity index is 1040. The summed E-state index contributed by atoms with van der Waals surface area (Å²) in [6.07, 6.45) is 0. The Hall–Kier alpha value is -3.66. The van der Waals surface area contributed by atoms with Crippen LogP contribution in [0.15, 0.2) is 97.1 Å². The molecule has 0 atom stereocenters. The molecule has 30 heavy (non-hydrogen) atoms. The van der Waals surface area contributed by atoms with E-state index in [-0.39, 0.29) is 0 Å². The number of hydrogen-bond donors (Lipinski definition) is 0. The van der Waals surface area contributed by atoms with E-state index < -0.39 is 0 Å². The summed E-state index contributed by atoms with van der Waals surface area (Å²) in [5.74, 6) is 1.67. The molecule has 0 N–H and O–H groups in total. The van der Waals surface area contributed by atoms with Crippen molar-refractivity contribution in [1.29, 1.82) is 0 Å². The van der Waals surface area contributed by atoms with Crippen molar-refractivity contribution in [3.8, 4) is 22.6 Å². The predicted molar refractivity (Wildman–Crippen MR) is 128 cm³/mol. The van der Waals surface area contributed by atoms with Gasteiger partial charge in [0, 0.05) is 17.1 Å². The van der Waals surface area contributed by atoms with Gasteiger partial charge in [0.15, 0.2) is 0 Å². The van der Waals surface area contributed by atoms with E-state index in [0.29, 0.717) is 0 Å². The summed E-state index contributed by atoms with van der Waals surface area (Å²) in [5, 5.41) is 0. The molecule has 0 amide bonds. The molecule has 4 rings (SSSR count). The number of rotatable bonds is 6. The van der Waals surface area contributed by atoms with E-state index in [1.54, 1.807) is 14.2 Å². The molecule has 0 fully saturated rings. The summed E-state index contributed by atoms with van der Waals surface area (Å²) in [7, 11) is 5.47. The zero-order valence-corrected chi connectivity index (χ0v) is 17.5. The Morgan fingerprint density at radius 1 is 0.500 bits per heavy atom. The molecule has 0 spiro atoms. The molecule has 0 saturated carbocycles. The van der Waals surface area contributed by atoms with E-state index in [0.717, 1.165) is 28.6 Å². The van der Waals surface area contributed by atoms with Crippen molar-refractivity contribution < 1.29 is 9.47 Å². The molecule has 4 heteroatoms. The third-order valence-corrected chi connectivity index (χ3v) is 5.17. The Morgan fingerprint density at radius 2 is 0.833 bits per heavy atom. The SMILES string of the molecule is Bc1ccc(-c2ccc(N(c3ccc(OC)cc3)c3ccc(OC)cc3)cc2)cc1. The number of anilines is 3. The standard InChI is InChI=1S/C26H24BNO2/c1-29-25-15-11-23(12-16-25)28(24-13-17-26(30-2)18-14-24)22-9-5-20(6-10-22)19-3-7-21(27)8-4-19/h3-18H,27H2,1-2H3. The van der Waals surface area contributed by atoms with Gasteiger partial charge in [-0.25, -0.2) is 0 Å². The van der Waals surface area contributed by atoms with Crippen LogP contribution in [0, 0.1) is 0 Å². The van der Waals surface area contributed by atoms with Gasteiger partial charge in [-0.2, -0.15) is 0 Å². The third-order valence-electron chi connectivity index (χ3n) is 5.17. The summed E-state index contributed by atoms with van der Waals surface area (Å²) in [6, 6.07) is 33.4. The van der Waals surface area contributed by atoms with Gasteiger partial charge >= 0.3 is 0 Å². The van der Waals surface area contributed by atoms with Crippen molar-refractivity contribution in [2.24, 2.45) is 0 Å². The highest BCUT2D eigenvalue weighted by atomic mass is 16.5. The van der Waals surface area contributed by atoms with Gasteiger partial charge in [0.25, 0.3) is 0 Å². The van der Waals surface area contributed by atoms with Crippen LogP contribution in [0.25, 0.3) is 11.1 Å². The molecule has 0 aliphatic carbocycles. The first-order valence-corrected chi connectivity index (χ1v) is 9.93. The minimum Gasteiger partial charge on any atom is -0.497 e. The van der Waals surface area contributed by atoms with Crippen LogP contribution < -0.4 is 19.8 Å². The Kier molecular flexibility index (Phi) is 5.76. The first kappa shape index (κ1) is 19.7. The predicted octanol–water partition coefficient (Wildman–Crippen LogP) is 5.10. The molecule has 148 valence electrons. The van der Waals surface area contributed by atoms with Crippen LogP contribution in [-0.2, 0) is 0 Å². The molecule has 0 aliphatic heterocycles. The van der Waals surface area contributed by atoms with Crippen LogP contribution in [-0.4, -0.2) is 22.1 Å². The first-order chi connectivity index (χ1) is 14.7. The normalized spacial score (nSPS) is 10.5. The first-order valence-electron chi connectivity index (χ1n) is 9.93. The zero-order valence-electron chi connectivity index (χ0n) is 17.5. The summed E-state index contributed by atoms with van der Waals surface area (Å²) >= 11 is 0. The molecule has 0 unspecified atom stereocenters. The van der Waals surface area contributed by atoms with Crippen LogP contribution >= 0.6 is 0 Å². The topological polar surface area (TPSA) is 21.7 Å². The lowest BCUT2D eigenvalue weighted by atomic mass is 9.94. The maximum Gasteiger partial charge on any atom is 0.139 e. The van der Waals surface area contributed by atoms with E-state index in [1.807, 2.05) is 24.3 Å². The van der Waals surface area contributed by atoms with E-state index in [9.17, 15) is 0 Å². The van der Waals surface area contributed by atoms with Gasteiger partial charge in [-0.05, 0) is 71.8 Å². The van der Waals surface area contributed by atoms with Crippen LogP contribution in [0.4, 0.5) is 17.1 Å². The second-order valence-electron chi connectivity index (χ2n) is 7.14. The summed E-state index contributed by atoms with van der Waals surface area (Å²) < 4.78 is 10.7. The monoisotopic (exact) mass is 393 g/mol. The Balaban J connectivity index is 1.73. The number of nitrogens with zero attached hydrogens (tertiary/aromatic N) is 1. The van der Waals surface area contributed by atoms with Crippen LogP contribution in [0.2, 0.25) is 0 Å². The van der Waals surface area contributed by atoms with Crippen LogP contribution in [0.5, 0.6) is 11.5 Å². The van der Waals surface area contributed by atoms with Crippen LogP contribution in [0.3, 0.4) is 0 Å². The highest BCUT2D eigenvalue weighted by Crippen LogP contribution is 2.36. The second kappa shape index (κ2) is 8.79. The number of benzene rings is 4. The Morgan fingerprint density at radius 3 is 1.20 bits per heavy atom. The van der Waals surface area contributed by atoms with E-state index in [2.05, 4.69) is 85.5 Å². The second-order valence-corrected chi connectivity index (χ2v) is 7.14. The minimum absolute atomic E-state index is 0.836. The molecule has 4 aromatic carbocycles.